The smallest absolute Gasteiger partial charge is 0.178 e. The molecular formula is C9H12N4. The molecule has 0 saturated carbocycles. The van der Waals surface area contributed by atoms with E-state index < -0.39 is 0 Å². The first-order valence-electron chi connectivity index (χ1n) is 3.96. The minimum Gasteiger partial charge on any atom is -0.303 e. The number of amidine groups is 1. The van der Waals surface area contributed by atoms with Crippen molar-refractivity contribution in [2.24, 2.45) is 15.1 Å². The fourth-order valence-electron chi connectivity index (χ4n) is 0.784. The zero-order chi connectivity index (χ0) is 9.52. The molecule has 4 nitrogen and oxygen atoms in total. The van der Waals surface area contributed by atoms with Crippen LogP contribution in [0.25, 0.3) is 0 Å². The van der Waals surface area contributed by atoms with Gasteiger partial charge < -0.3 is 5.43 Å². The van der Waals surface area contributed by atoms with Crippen LogP contribution in [-0.2, 0) is 0 Å². The molecule has 0 saturated heterocycles. The summed E-state index contributed by atoms with van der Waals surface area (Å²) in [5.74, 6) is 0.618. The van der Waals surface area contributed by atoms with Crippen molar-refractivity contribution < 1.29 is 0 Å². The number of rotatable bonds is 3. The third kappa shape index (κ3) is 3.02. The van der Waals surface area contributed by atoms with Gasteiger partial charge in [0.05, 0.1) is 6.54 Å². The maximum absolute atomic E-state index is 4.04. The van der Waals surface area contributed by atoms with Gasteiger partial charge >= 0.3 is 0 Å². The fourth-order valence-corrected chi connectivity index (χ4v) is 0.784. The number of hydrogen-bond donors (Lipinski definition) is 1. The molecule has 0 bridgehead atoms. The van der Waals surface area contributed by atoms with E-state index in [1.54, 1.807) is 19.5 Å². The quantitative estimate of drug-likeness (QED) is 0.385. The molecule has 0 unspecified atom stereocenters. The van der Waals surface area contributed by atoms with E-state index in [4.69, 9.17) is 0 Å². The van der Waals surface area contributed by atoms with Crippen molar-refractivity contribution in [2.75, 3.05) is 13.6 Å². The van der Waals surface area contributed by atoms with Gasteiger partial charge in [-0.2, -0.15) is 5.10 Å². The van der Waals surface area contributed by atoms with Gasteiger partial charge in [0.25, 0.3) is 0 Å². The van der Waals surface area contributed by atoms with Crippen LogP contribution >= 0.6 is 0 Å². The minimum absolute atomic E-state index is 0.604. The molecular weight excluding hydrogens is 164 g/mol. The van der Waals surface area contributed by atoms with Crippen LogP contribution in [0.2, 0.25) is 0 Å². The van der Waals surface area contributed by atoms with Gasteiger partial charge in [0.15, 0.2) is 5.84 Å². The molecule has 0 aromatic heterocycles. The van der Waals surface area contributed by atoms with Crippen molar-refractivity contribution in [3.8, 4) is 0 Å². The van der Waals surface area contributed by atoms with Gasteiger partial charge in [-0.15, -0.1) is 0 Å². The predicted octanol–water partition coefficient (Wildman–Crippen LogP) is 0.787. The van der Waals surface area contributed by atoms with Crippen LogP contribution in [0.4, 0.5) is 0 Å². The van der Waals surface area contributed by atoms with Gasteiger partial charge in [-0.3, -0.25) is 4.99 Å². The number of nitrogens with zero attached hydrogens (tertiary/aromatic N) is 3. The van der Waals surface area contributed by atoms with Crippen LogP contribution < -0.4 is 5.43 Å². The normalized spacial score (nSPS) is 18.8. The average Bonchev–Trinajstić information content (AvgIpc) is 2.15. The van der Waals surface area contributed by atoms with Crippen molar-refractivity contribution in [3.63, 3.8) is 0 Å². The van der Waals surface area contributed by atoms with Crippen LogP contribution in [0.1, 0.15) is 0 Å². The van der Waals surface area contributed by atoms with Crippen molar-refractivity contribution >= 4 is 18.3 Å². The molecule has 0 aromatic carbocycles. The molecule has 1 aliphatic heterocycles. The zero-order valence-corrected chi connectivity index (χ0v) is 7.57. The summed E-state index contributed by atoms with van der Waals surface area (Å²) in [6.45, 7) is 4.39. The Hall–Kier alpha value is -1.71. The second kappa shape index (κ2) is 5.03. The van der Waals surface area contributed by atoms with Gasteiger partial charge in [-0.25, -0.2) is 4.99 Å². The summed E-state index contributed by atoms with van der Waals surface area (Å²) in [5.41, 5.74) is 3.63. The number of nitrogens with one attached hydrogen (secondary N) is 1. The van der Waals surface area contributed by atoms with Crippen LogP contribution in [0.15, 0.2) is 39.4 Å². The van der Waals surface area contributed by atoms with Crippen molar-refractivity contribution in [1.82, 2.24) is 5.43 Å². The lowest BCUT2D eigenvalue weighted by atomic mass is 10.2. The minimum atomic E-state index is 0.604. The third-order valence-electron chi connectivity index (χ3n) is 1.42. The van der Waals surface area contributed by atoms with Gasteiger partial charge in [0, 0.05) is 25.0 Å². The number of aliphatic imine (C=N–C) groups is 2. The molecule has 0 amide bonds. The molecule has 0 aromatic rings. The number of hydrazone groups is 1. The van der Waals surface area contributed by atoms with Gasteiger partial charge in [0.2, 0.25) is 0 Å². The lowest BCUT2D eigenvalue weighted by Crippen LogP contribution is -2.13. The molecule has 0 fully saturated rings. The van der Waals surface area contributed by atoms with E-state index in [1.807, 2.05) is 12.2 Å². The van der Waals surface area contributed by atoms with Gasteiger partial charge in [0.1, 0.15) is 0 Å². The Morgan fingerprint density at radius 3 is 3.23 bits per heavy atom. The Kier molecular flexibility index (Phi) is 3.63. The predicted molar refractivity (Wildman–Crippen MR) is 56.6 cm³/mol. The molecule has 4 heteroatoms. The van der Waals surface area contributed by atoms with Gasteiger partial charge in [-0.05, 0) is 6.08 Å². The Bertz CT molecular complexity index is 297. The van der Waals surface area contributed by atoms with E-state index in [9.17, 15) is 0 Å². The molecule has 0 spiro atoms. The van der Waals surface area contributed by atoms with Crippen molar-refractivity contribution in [3.05, 3.63) is 24.3 Å². The number of dihydropyridines is 1. The molecule has 13 heavy (non-hydrogen) atoms. The highest BCUT2D eigenvalue weighted by atomic mass is 15.3. The van der Waals surface area contributed by atoms with E-state index in [1.165, 1.54) is 0 Å². The van der Waals surface area contributed by atoms with Crippen molar-refractivity contribution in [2.45, 2.75) is 0 Å². The van der Waals surface area contributed by atoms with Crippen molar-refractivity contribution in [1.29, 1.82) is 0 Å². The lowest BCUT2D eigenvalue weighted by molar-refractivity contribution is 0.851. The summed E-state index contributed by atoms with van der Waals surface area (Å²) in [7, 11) is 1.72. The molecule has 1 rings (SSSR count). The summed E-state index contributed by atoms with van der Waals surface area (Å²) < 4.78 is 0. The number of allylic oxidation sites excluding steroid dienone is 1. The zero-order valence-electron chi connectivity index (χ0n) is 7.57. The van der Waals surface area contributed by atoms with E-state index in [0.29, 0.717) is 12.4 Å². The standard InChI is InChI=1S/C9H12N4/c1-8-4-3-5-11-9(8)13-12-7-6-10-2/h3-6,12H,1,7H2,2H3/b10-6+,13-9+. The summed E-state index contributed by atoms with van der Waals surface area (Å²) in [5, 5.41) is 4.03. The van der Waals surface area contributed by atoms with E-state index in [2.05, 4.69) is 27.1 Å². The van der Waals surface area contributed by atoms with Crippen LogP contribution in [0.3, 0.4) is 0 Å². The van der Waals surface area contributed by atoms with Crippen LogP contribution in [0, 0.1) is 0 Å². The maximum Gasteiger partial charge on any atom is 0.178 e. The summed E-state index contributed by atoms with van der Waals surface area (Å²) in [4.78, 5) is 7.85. The Morgan fingerprint density at radius 2 is 2.54 bits per heavy atom. The lowest BCUT2D eigenvalue weighted by Gasteiger charge is -2.03. The van der Waals surface area contributed by atoms with Gasteiger partial charge in [-0.1, -0.05) is 12.7 Å². The largest absolute Gasteiger partial charge is 0.303 e. The molecule has 0 aliphatic carbocycles. The Balaban J connectivity index is 2.47. The highest BCUT2D eigenvalue weighted by Gasteiger charge is 2.00. The second-order valence-corrected chi connectivity index (χ2v) is 2.40. The van der Waals surface area contributed by atoms with E-state index in [0.717, 1.165) is 5.57 Å². The highest BCUT2D eigenvalue weighted by Crippen LogP contribution is 2.01. The summed E-state index contributed by atoms with van der Waals surface area (Å²) in [6, 6.07) is 0. The first kappa shape index (κ1) is 9.38. The SMILES string of the molecule is C=C1C=CC=N/C1=N/NC/C=N/C. The Labute approximate surface area is 77.5 Å². The molecule has 0 radical (unpaired) electrons. The van der Waals surface area contributed by atoms with Crippen LogP contribution in [0.5, 0.6) is 0 Å². The van der Waals surface area contributed by atoms with E-state index in [-0.39, 0.29) is 0 Å². The average molecular weight is 176 g/mol. The van der Waals surface area contributed by atoms with Crippen LogP contribution in [-0.4, -0.2) is 31.9 Å². The molecule has 0 atom stereocenters. The first-order valence-corrected chi connectivity index (χ1v) is 3.96. The maximum atomic E-state index is 4.04. The fraction of sp³-hybridized carbons (Fsp3) is 0.222. The van der Waals surface area contributed by atoms with E-state index >= 15 is 0 Å². The first-order chi connectivity index (χ1) is 6.34. The molecule has 1 aliphatic rings. The molecule has 1 N–H and O–H groups in total. The summed E-state index contributed by atoms with van der Waals surface area (Å²) in [6.07, 6.45) is 7.11. The highest BCUT2D eigenvalue weighted by molar-refractivity contribution is 6.08. The Morgan fingerprint density at radius 1 is 1.69 bits per heavy atom. The second-order valence-electron chi connectivity index (χ2n) is 2.40. The number of hydrogen-bond acceptors (Lipinski definition) is 3. The monoisotopic (exact) mass is 176 g/mol. The third-order valence-corrected chi connectivity index (χ3v) is 1.42. The summed E-state index contributed by atoms with van der Waals surface area (Å²) >= 11 is 0. The molecule has 68 valence electrons. The molecule has 1 heterocycles. The topological polar surface area (TPSA) is 49.1 Å².